The minimum absolute atomic E-state index is 0.281. The summed E-state index contributed by atoms with van der Waals surface area (Å²) in [5.41, 5.74) is 10.2. The highest BCUT2D eigenvalue weighted by atomic mass is 16.2. The van der Waals surface area contributed by atoms with Crippen LogP contribution in [0, 0.1) is 5.92 Å². The molecule has 0 aromatic heterocycles. The lowest BCUT2D eigenvalue weighted by Crippen LogP contribution is -2.57. The number of carbonyl (C=O) groups excluding carboxylic acids is 2. The van der Waals surface area contributed by atoms with Gasteiger partial charge in [-0.05, 0) is 39.3 Å². The Labute approximate surface area is 108 Å². The van der Waals surface area contributed by atoms with E-state index >= 15 is 0 Å². The Balaban J connectivity index is 2.68. The van der Waals surface area contributed by atoms with E-state index in [1.807, 2.05) is 0 Å². The van der Waals surface area contributed by atoms with Gasteiger partial charge in [-0.25, -0.2) is 0 Å². The van der Waals surface area contributed by atoms with Crippen molar-refractivity contribution in [1.29, 1.82) is 0 Å². The van der Waals surface area contributed by atoms with Crippen LogP contribution in [-0.2, 0) is 9.59 Å². The molecular weight excluding hydrogens is 232 g/mol. The smallest absolute Gasteiger partial charge is 0.237 e. The highest BCUT2D eigenvalue weighted by molar-refractivity contribution is 5.84. The Kier molecular flexibility index (Phi) is 5.10. The van der Waals surface area contributed by atoms with Gasteiger partial charge in [0.1, 0.15) is 0 Å². The molecule has 0 heterocycles. The third kappa shape index (κ3) is 3.20. The van der Waals surface area contributed by atoms with Gasteiger partial charge in [0.05, 0.1) is 11.6 Å². The van der Waals surface area contributed by atoms with Gasteiger partial charge in [-0.1, -0.05) is 12.8 Å². The molecule has 0 bridgehead atoms. The molecule has 2 amide bonds. The molecule has 6 heteroatoms. The van der Waals surface area contributed by atoms with Gasteiger partial charge in [-0.15, -0.1) is 0 Å². The summed E-state index contributed by atoms with van der Waals surface area (Å²) in [6, 6.07) is -0.337. The summed E-state index contributed by atoms with van der Waals surface area (Å²) in [7, 11) is 3.48. The molecule has 3 unspecified atom stereocenters. The van der Waals surface area contributed by atoms with Crippen LogP contribution in [0.15, 0.2) is 0 Å². The van der Waals surface area contributed by atoms with Gasteiger partial charge in [0.2, 0.25) is 11.8 Å². The van der Waals surface area contributed by atoms with E-state index in [1.165, 1.54) is 0 Å². The van der Waals surface area contributed by atoms with E-state index in [4.69, 9.17) is 11.5 Å². The average Bonchev–Trinajstić information content (AvgIpc) is 2.35. The Morgan fingerprint density at radius 1 is 1.39 bits per heavy atom. The number of rotatable bonds is 6. The Morgan fingerprint density at radius 2 is 2.06 bits per heavy atom. The third-order valence-electron chi connectivity index (χ3n) is 4.06. The summed E-state index contributed by atoms with van der Waals surface area (Å²) in [6.45, 7) is 0. The minimum atomic E-state index is -0.626. The van der Waals surface area contributed by atoms with Crippen molar-refractivity contribution in [2.75, 3.05) is 14.1 Å². The van der Waals surface area contributed by atoms with Crippen LogP contribution < -0.4 is 22.1 Å². The van der Waals surface area contributed by atoms with E-state index < -0.39 is 5.54 Å². The van der Waals surface area contributed by atoms with Gasteiger partial charge >= 0.3 is 0 Å². The number of primary amides is 2. The van der Waals surface area contributed by atoms with E-state index in [0.717, 1.165) is 19.3 Å². The largest absolute Gasteiger partial charge is 0.368 e. The quantitative estimate of drug-likeness (QED) is 0.493. The summed E-state index contributed by atoms with van der Waals surface area (Å²) in [5.74, 6) is -0.379. The normalized spacial score (nSPS) is 29.8. The number of amides is 2. The minimum Gasteiger partial charge on any atom is -0.368 e. The first-order valence-electron chi connectivity index (χ1n) is 6.40. The molecule has 0 saturated heterocycles. The molecule has 0 radical (unpaired) electrons. The fraction of sp³-hybridized carbons (Fsp3) is 0.833. The van der Waals surface area contributed by atoms with Crippen molar-refractivity contribution in [2.45, 2.75) is 43.7 Å². The zero-order valence-corrected chi connectivity index (χ0v) is 11.2. The fourth-order valence-electron chi connectivity index (χ4n) is 2.87. The van der Waals surface area contributed by atoms with Crippen molar-refractivity contribution in [1.82, 2.24) is 10.6 Å². The van der Waals surface area contributed by atoms with Crippen LogP contribution in [0.25, 0.3) is 0 Å². The number of nitrogens with two attached hydrogens (primary N) is 2. The van der Waals surface area contributed by atoms with Crippen LogP contribution in [-0.4, -0.2) is 37.5 Å². The van der Waals surface area contributed by atoms with Gasteiger partial charge in [0.15, 0.2) is 0 Å². The van der Waals surface area contributed by atoms with E-state index in [2.05, 4.69) is 10.6 Å². The molecule has 3 atom stereocenters. The van der Waals surface area contributed by atoms with E-state index in [1.54, 1.807) is 14.1 Å². The highest BCUT2D eigenvalue weighted by Gasteiger charge is 2.40. The molecule has 0 aromatic rings. The van der Waals surface area contributed by atoms with Gasteiger partial charge in [-0.2, -0.15) is 0 Å². The number of nitrogens with one attached hydrogen (secondary N) is 2. The van der Waals surface area contributed by atoms with Crippen molar-refractivity contribution in [3.05, 3.63) is 0 Å². The first-order chi connectivity index (χ1) is 8.45. The summed E-state index contributed by atoms with van der Waals surface area (Å²) < 4.78 is 0. The van der Waals surface area contributed by atoms with Crippen LogP contribution in [0.2, 0.25) is 0 Å². The Morgan fingerprint density at radius 3 is 2.50 bits per heavy atom. The zero-order valence-electron chi connectivity index (χ0n) is 11.2. The number of hydrogen-bond acceptors (Lipinski definition) is 4. The maximum Gasteiger partial charge on any atom is 0.237 e. The number of likely N-dealkylation sites (N-methyl/N-ethyl adjacent to an activating group) is 2. The van der Waals surface area contributed by atoms with Crippen molar-refractivity contribution >= 4 is 11.8 Å². The SMILES string of the molecule is CNC(CC1CCCC(NC)(C(N)=O)C1)C(N)=O. The topological polar surface area (TPSA) is 110 Å². The standard InChI is InChI=1S/C12H24N4O2/c1-15-9(10(13)17)6-8-4-3-5-12(7-8,16-2)11(14)18/h8-9,15-16H,3-7H2,1-2H3,(H2,13,17)(H2,14,18). The van der Waals surface area contributed by atoms with Gasteiger partial charge in [-0.3, -0.25) is 9.59 Å². The second kappa shape index (κ2) is 6.15. The molecule has 1 aliphatic rings. The maximum absolute atomic E-state index is 11.6. The van der Waals surface area contributed by atoms with Crippen molar-refractivity contribution in [3.63, 3.8) is 0 Å². The predicted molar refractivity (Wildman–Crippen MR) is 69.6 cm³/mol. The molecule has 0 aliphatic heterocycles. The Bertz CT molecular complexity index is 321. The molecule has 1 saturated carbocycles. The van der Waals surface area contributed by atoms with Crippen LogP contribution in [0.3, 0.4) is 0 Å². The van der Waals surface area contributed by atoms with Gasteiger partial charge < -0.3 is 22.1 Å². The fourth-order valence-corrected chi connectivity index (χ4v) is 2.87. The van der Waals surface area contributed by atoms with E-state index in [9.17, 15) is 9.59 Å². The summed E-state index contributed by atoms with van der Waals surface area (Å²) >= 11 is 0. The number of carbonyl (C=O) groups is 2. The summed E-state index contributed by atoms with van der Waals surface area (Å²) in [5, 5.41) is 5.97. The third-order valence-corrected chi connectivity index (χ3v) is 4.06. The molecule has 18 heavy (non-hydrogen) atoms. The molecule has 6 nitrogen and oxygen atoms in total. The Hall–Kier alpha value is -1.14. The lowest BCUT2D eigenvalue weighted by atomic mass is 9.73. The lowest BCUT2D eigenvalue weighted by Gasteiger charge is -2.39. The molecule has 0 aromatic carbocycles. The zero-order chi connectivity index (χ0) is 13.8. The summed E-state index contributed by atoms with van der Waals surface area (Å²) in [4.78, 5) is 22.8. The van der Waals surface area contributed by atoms with E-state index in [-0.39, 0.29) is 23.8 Å². The lowest BCUT2D eigenvalue weighted by molar-refractivity contribution is -0.126. The van der Waals surface area contributed by atoms with Crippen LogP contribution in [0.4, 0.5) is 0 Å². The molecule has 0 spiro atoms. The maximum atomic E-state index is 11.6. The van der Waals surface area contributed by atoms with Crippen molar-refractivity contribution < 1.29 is 9.59 Å². The van der Waals surface area contributed by atoms with Gasteiger partial charge in [0.25, 0.3) is 0 Å². The first kappa shape index (κ1) is 14.9. The predicted octanol–water partition coefficient (Wildman–Crippen LogP) is -0.916. The first-order valence-corrected chi connectivity index (χ1v) is 6.40. The molecule has 6 N–H and O–H groups in total. The molecule has 104 valence electrons. The average molecular weight is 256 g/mol. The molecular formula is C12H24N4O2. The highest BCUT2D eigenvalue weighted by Crippen LogP contribution is 2.34. The second-order valence-electron chi connectivity index (χ2n) is 5.14. The summed E-state index contributed by atoms with van der Waals surface area (Å²) in [6.07, 6.45) is 4.02. The number of hydrogen-bond donors (Lipinski definition) is 4. The molecule has 1 rings (SSSR count). The van der Waals surface area contributed by atoms with Crippen molar-refractivity contribution in [3.8, 4) is 0 Å². The van der Waals surface area contributed by atoms with Gasteiger partial charge in [0, 0.05) is 0 Å². The molecule has 1 fully saturated rings. The van der Waals surface area contributed by atoms with Crippen LogP contribution >= 0.6 is 0 Å². The van der Waals surface area contributed by atoms with E-state index in [0.29, 0.717) is 12.8 Å². The monoisotopic (exact) mass is 256 g/mol. The van der Waals surface area contributed by atoms with Crippen LogP contribution in [0.1, 0.15) is 32.1 Å². The van der Waals surface area contributed by atoms with Crippen LogP contribution in [0.5, 0.6) is 0 Å². The molecule has 1 aliphatic carbocycles. The second-order valence-corrected chi connectivity index (χ2v) is 5.14. The van der Waals surface area contributed by atoms with Crippen molar-refractivity contribution in [2.24, 2.45) is 17.4 Å².